The molecule has 2 aliphatic heterocycles. The second-order valence-corrected chi connectivity index (χ2v) is 5.79. The monoisotopic (exact) mass is 289 g/mol. The Morgan fingerprint density at radius 1 is 1.33 bits per heavy atom. The van der Waals surface area contributed by atoms with Gasteiger partial charge in [0.1, 0.15) is 0 Å². The van der Waals surface area contributed by atoms with Crippen LogP contribution >= 0.6 is 0 Å². The van der Waals surface area contributed by atoms with Gasteiger partial charge in [-0.1, -0.05) is 24.3 Å². The summed E-state index contributed by atoms with van der Waals surface area (Å²) in [7, 11) is 0. The highest BCUT2D eigenvalue weighted by molar-refractivity contribution is 5.67. The first-order valence-corrected chi connectivity index (χ1v) is 7.89. The van der Waals surface area contributed by atoms with Crippen LogP contribution in [0.25, 0.3) is 0 Å². The van der Waals surface area contributed by atoms with Crippen LogP contribution in [0.5, 0.6) is 0 Å². The van der Waals surface area contributed by atoms with Crippen molar-refractivity contribution in [3.63, 3.8) is 0 Å². The molecular formula is C17H23NO3. The van der Waals surface area contributed by atoms with Crippen LogP contribution in [0, 0.1) is 0 Å². The molecule has 0 saturated carbocycles. The van der Waals surface area contributed by atoms with E-state index in [4.69, 9.17) is 9.47 Å². The quantitative estimate of drug-likeness (QED) is 0.797. The lowest BCUT2D eigenvalue weighted by Crippen LogP contribution is -2.46. The molecule has 4 nitrogen and oxygen atoms in total. The molecule has 3 rings (SSSR count). The standard InChI is InChI=1S/C17H23NO3/c1-2-20-16(19)18-11-9-17(10-12-18)15-8-4-3-6-14(15)7-5-13-21-17/h3-4,6,8H,2,5,7,9-13H2,1H3. The first kappa shape index (κ1) is 14.4. The largest absolute Gasteiger partial charge is 0.450 e. The molecule has 0 N–H and O–H groups in total. The molecular weight excluding hydrogens is 266 g/mol. The highest BCUT2D eigenvalue weighted by Crippen LogP contribution is 2.40. The summed E-state index contributed by atoms with van der Waals surface area (Å²) in [6.45, 7) is 4.47. The summed E-state index contributed by atoms with van der Waals surface area (Å²) < 4.78 is 11.4. The van der Waals surface area contributed by atoms with Crippen LogP contribution in [0.2, 0.25) is 0 Å². The highest BCUT2D eigenvalue weighted by atomic mass is 16.6. The molecule has 2 aliphatic rings. The lowest BCUT2D eigenvalue weighted by atomic mass is 9.81. The molecule has 1 spiro atoms. The van der Waals surface area contributed by atoms with Crippen molar-refractivity contribution in [3.05, 3.63) is 35.4 Å². The van der Waals surface area contributed by atoms with Gasteiger partial charge in [0.2, 0.25) is 0 Å². The van der Waals surface area contributed by atoms with Crippen molar-refractivity contribution in [3.8, 4) is 0 Å². The number of hydrogen-bond acceptors (Lipinski definition) is 3. The summed E-state index contributed by atoms with van der Waals surface area (Å²) in [5.74, 6) is 0. The molecule has 114 valence electrons. The number of carbonyl (C=O) groups is 1. The first-order valence-electron chi connectivity index (χ1n) is 7.89. The van der Waals surface area contributed by atoms with Crippen molar-refractivity contribution < 1.29 is 14.3 Å². The van der Waals surface area contributed by atoms with Gasteiger partial charge in [0.15, 0.2) is 0 Å². The van der Waals surface area contributed by atoms with E-state index >= 15 is 0 Å². The van der Waals surface area contributed by atoms with Crippen LogP contribution in [0.4, 0.5) is 4.79 Å². The van der Waals surface area contributed by atoms with Gasteiger partial charge in [-0.2, -0.15) is 0 Å². The number of rotatable bonds is 1. The van der Waals surface area contributed by atoms with E-state index in [0.29, 0.717) is 19.7 Å². The van der Waals surface area contributed by atoms with Crippen LogP contribution in [0.15, 0.2) is 24.3 Å². The van der Waals surface area contributed by atoms with Crippen LogP contribution in [0.1, 0.15) is 37.3 Å². The summed E-state index contributed by atoms with van der Waals surface area (Å²) in [6, 6.07) is 8.60. The Hall–Kier alpha value is -1.55. The Morgan fingerprint density at radius 2 is 2.10 bits per heavy atom. The number of ether oxygens (including phenoxy) is 2. The number of carbonyl (C=O) groups excluding carboxylic acids is 1. The van der Waals surface area contributed by atoms with Gasteiger partial charge in [-0.25, -0.2) is 4.79 Å². The van der Waals surface area contributed by atoms with Crippen molar-refractivity contribution in [2.45, 2.75) is 38.2 Å². The molecule has 4 heteroatoms. The molecule has 0 aliphatic carbocycles. The molecule has 1 fully saturated rings. The van der Waals surface area contributed by atoms with Gasteiger partial charge in [0.05, 0.1) is 12.2 Å². The number of aryl methyl sites for hydroxylation is 1. The number of fused-ring (bicyclic) bond motifs is 2. The van der Waals surface area contributed by atoms with Crippen molar-refractivity contribution in [1.29, 1.82) is 0 Å². The zero-order valence-corrected chi connectivity index (χ0v) is 12.6. The Morgan fingerprint density at radius 3 is 2.86 bits per heavy atom. The van der Waals surface area contributed by atoms with Gasteiger partial charge >= 0.3 is 6.09 Å². The molecule has 2 heterocycles. The third-order valence-electron chi connectivity index (χ3n) is 4.57. The predicted molar refractivity (Wildman–Crippen MR) is 80.2 cm³/mol. The van der Waals surface area contributed by atoms with E-state index in [1.54, 1.807) is 4.90 Å². The summed E-state index contributed by atoms with van der Waals surface area (Å²) in [6.07, 6.45) is 3.65. The van der Waals surface area contributed by atoms with Gasteiger partial charge in [-0.05, 0) is 43.7 Å². The van der Waals surface area contributed by atoms with Crippen molar-refractivity contribution in [1.82, 2.24) is 4.90 Å². The zero-order chi connectivity index (χ0) is 14.7. The van der Waals surface area contributed by atoms with E-state index in [1.807, 2.05) is 6.92 Å². The van der Waals surface area contributed by atoms with E-state index in [9.17, 15) is 4.79 Å². The molecule has 0 aromatic heterocycles. The van der Waals surface area contributed by atoms with Crippen molar-refractivity contribution in [2.24, 2.45) is 0 Å². The van der Waals surface area contributed by atoms with E-state index < -0.39 is 0 Å². The van der Waals surface area contributed by atoms with E-state index in [2.05, 4.69) is 24.3 Å². The minimum atomic E-state index is -0.212. The van der Waals surface area contributed by atoms with Gasteiger partial charge < -0.3 is 14.4 Å². The maximum Gasteiger partial charge on any atom is 0.409 e. The molecule has 0 radical (unpaired) electrons. The lowest BCUT2D eigenvalue weighted by Gasteiger charge is -2.41. The van der Waals surface area contributed by atoms with Gasteiger partial charge in [-0.15, -0.1) is 0 Å². The first-order chi connectivity index (χ1) is 10.2. The highest BCUT2D eigenvalue weighted by Gasteiger charge is 2.40. The smallest absolute Gasteiger partial charge is 0.409 e. The molecule has 0 atom stereocenters. The fraction of sp³-hybridized carbons (Fsp3) is 0.588. The van der Waals surface area contributed by atoms with Gasteiger partial charge in [0, 0.05) is 19.7 Å². The molecule has 1 saturated heterocycles. The minimum absolute atomic E-state index is 0.200. The maximum atomic E-state index is 11.8. The molecule has 0 unspecified atom stereocenters. The topological polar surface area (TPSA) is 38.8 Å². The summed E-state index contributed by atoms with van der Waals surface area (Å²) in [4.78, 5) is 13.6. The molecule has 1 aromatic carbocycles. The second-order valence-electron chi connectivity index (χ2n) is 5.79. The summed E-state index contributed by atoms with van der Waals surface area (Å²) >= 11 is 0. The Balaban J connectivity index is 1.79. The molecule has 1 aromatic rings. The van der Waals surface area contributed by atoms with Crippen LogP contribution in [0.3, 0.4) is 0 Å². The van der Waals surface area contributed by atoms with E-state index in [-0.39, 0.29) is 11.7 Å². The van der Waals surface area contributed by atoms with Crippen LogP contribution < -0.4 is 0 Å². The van der Waals surface area contributed by atoms with Crippen LogP contribution in [-0.4, -0.2) is 37.3 Å². The number of hydrogen-bond donors (Lipinski definition) is 0. The van der Waals surface area contributed by atoms with E-state index in [1.165, 1.54) is 11.1 Å². The third-order valence-corrected chi connectivity index (χ3v) is 4.57. The fourth-order valence-electron chi connectivity index (χ4n) is 3.47. The number of piperidine rings is 1. The fourth-order valence-corrected chi connectivity index (χ4v) is 3.47. The minimum Gasteiger partial charge on any atom is -0.450 e. The number of benzene rings is 1. The number of likely N-dealkylation sites (tertiary alicyclic amines) is 1. The van der Waals surface area contributed by atoms with Gasteiger partial charge in [-0.3, -0.25) is 0 Å². The van der Waals surface area contributed by atoms with Crippen molar-refractivity contribution >= 4 is 6.09 Å². The summed E-state index contributed by atoms with van der Waals surface area (Å²) in [5.41, 5.74) is 2.52. The second kappa shape index (κ2) is 6.06. The maximum absolute atomic E-state index is 11.8. The average molecular weight is 289 g/mol. The Labute approximate surface area is 126 Å². The van der Waals surface area contributed by atoms with Gasteiger partial charge in [0.25, 0.3) is 0 Å². The number of nitrogens with zero attached hydrogens (tertiary/aromatic N) is 1. The SMILES string of the molecule is CCOC(=O)N1CCC2(CC1)OCCCc1ccccc12. The lowest BCUT2D eigenvalue weighted by molar-refractivity contribution is -0.0844. The molecule has 0 bridgehead atoms. The Bertz CT molecular complexity index is 507. The number of amides is 1. The van der Waals surface area contributed by atoms with Crippen LogP contribution in [-0.2, 0) is 21.5 Å². The zero-order valence-electron chi connectivity index (χ0n) is 12.6. The predicted octanol–water partition coefficient (Wildman–Crippen LogP) is 3.10. The third kappa shape index (κ3) is 2.77. The van der Waals surface area contributed by atoms with E-state index in [0.717, 1.165) is 32.3 Å². The normalized spacial score (nSPS) is 20.7. The molecule has 1 amide bonds. The van der Waals surface area contributed by atoms with Crippen molar-refractivity contribution in [2.75, 3.05) is 26.3 Å². The average Bonchev–Trinajstić information content (AvgIpc) is 2.69. The Kier molecular flexibility index (Phi) is 4.15. The molecule has 21 heavy (non-hydrogen) atoms. The summed E-state index contributed by atoms with van der Waals surface area (Å²) in [5, 5.41) is 0.